The van der Waals surface area contributed by atoms with Crippen LogP contribution in [0, 0.1) is 5.41 Å². The summed E-state index contributed by atoms with van der Waals surface area (Å²) in [4.78, 5) is 0. The van der Waals surface area contributed by atoms with Crippen LogP contribution in [0.4, 0.5) is 0 Å². The minimum atomic E-state index is -0.0135. The van der Waals surface area contributed by atoms with Gasteiger partial charge in [0.25, 0.3) is 0 Å². The molecule has 2 nitrogen and oxygen atoms in total. The van der Waals surface area contributed by atoms with E-state index in [1.807, 2.05) is 0 Å². The Morgan fingerprint density at radius 2 is 1.82 bits per heavy atom. The van der Waals surface area contributed by atoms with E-state index in [9.17, 15) is 0 Å². The Balaban J connectivity index is 2.31. The smallest absolute Gasteiger partial charge is 0.0637 e. The van der Waals surface area contributed by atoms with E-state index in [4.69, 9.17) is 4.74 Å². The van der Waals surface area contributed by atoms with Gasteiger partial charge in [0.05, 0.1) is 5.60 Å². The van der Waals surface area contributed by atoms with Crippen LogP contribution in [0.1, 0.15) is 66.7 Å². The van der Waals surface area contributed by atoms with E-state index in [0.717, 1.165) is 6.42 Å². The Morgan fingerprint density at radius 3 is 2.29 bits per heavy atom. The number of ether oxygens (including phenoxy) is 1. The van der Waals surface area contributed by atoms with Crippen molar-refractivity contribution in [3.63, 3.8) is 0 Å². The van der Waals surface area contributed by atoms with Gasteiger partial charge in [0.2, 0.25) is 0 Å². The lowest BCUT2D eigenvalue weighted by atomic mass is 9.75. The van der Waals surface area contributed by atoms with Gasteiger partial charge in [0.15, 0.2) is 0 Å². The second kappa shape index (κ2) is 5.71. The minimum Gasteiger partial charge on any atom is -0.379 e. The number of hydrogen-bond donors (Lipinski definition) is 1. The highest BCUT2D eigenvalue weighted by Crippen LogP contribution is 2.35. The van der Waals surface area contributed by atoms with Gasteiger partial charge >= 0.3 is 0 Å². The summed E-state index contributed by atoms with van der Waals surface area (Å²) in [6.45, 7) is 11.4. The van der Waals surface area contributed by atoms with Crippen LogP contribution in [0.25, 0.3) is 0 Å². The molecule has 1 rings (SSSR count). The highest BCUT2D eigenvalue weighted by Gasteiger charge is 2.28. The maximum atomic E-state index is 5.49. The summed E-state index contributed by atoms with van der Waals surface area (Å²) in [5.41, 5.74) is 0.549. The van der Waals surface area contributed by atoms with Crippen molar-refractivity contribution in [2.45, 2.75) is 84.4 Å². The van der Waals surface area contributed by atoms with Crippen LogP contribution in [0.3, 0.4) is 0 Å². The minimum absolute atomic E-state index is 0.0135. The molecule has 1 atom stereocenters. The molecule has 1 aliphatic carbocycles. The molecule has 0 aromatic carbocycles. The number of nitrogens with one attached hydrogen (secondary N) is 1. The molecule has 1 aliphatic rings. The first-order valence-electron chi connectivity index (χ1n) is 7.05. The average molecular weight is 241 g/mol. The zero-order valence-corrected chi connectivity index (χ0v) is 12.6. The quantitative estimate of drug-likeness (QED) is 0.791. The van der Waals surface area contributed by atoms with E-state index in [2.05, 4.69) is 39.9 Å². The predicted molar refractivity (Wildman–Crippen MR) is 74.3 cm³/mol. The van der Waals surface area contributed by atoms with Gasteiger partial charge in [-0.2, -0.15) is 0 Å². The lowest BCUT2D eigenvalue weighted by Gasteiger charge is -2.37. The molecule has 0 aromatic rings. The lowest BCUT2D eigenvalue weighted by molar-refractivity contribution is 0.00680. The molecular weight excluding hydrogens is 210 g/mol. The van der Waals surface area contributed by atoms with Gasteiger partial charge in [0.1, 0.15) is 0 Å². The van der Waals surface area contributed by atoms with E-state index in [0.29, 0.717) is 17.5 Å². The number of rotatable bonds is 5. The van der Waals surface area contributed by atoms with E-state index in [-0.39, 0.29) is 5.60 Å². The predicted octanol–water partition coefficient (Wildman–Crippen LogP) is 3.75. The largest absolute Gasteiger partial charge is 0.379 e. The van der Waals surface area contributed by atoms with Crippen molar-refractivity contribution in [2.24, 2.45) is 5.41 Å². The fraction of sp³-hybridized carbons (Fsp3) is 1.00. The molecule has 17 heavy (non-hydrogen) atoms. The van der Waals surface area contributed by atoms with Crippen molar-refractivity contribution in [3.8, 4) is 0 Å². The molecule has 1 saturated carbocycles. The standard InChI is InChI=1S/C15H31NO/c1-12(11-15(4,5)17-6)16-13-7-9-14(2,3)10-8-13/h12-13,16H,7-11H2,1-6H3. The fourth-order valence-electron chi connectivity index (χ4n) is 2.85. The van der Waals surface area contributed by atoms with Gasteiger partial charge in [-0.25, -0.2) is 0 Å². The van der Waals surface area contributed by atoms with E-state index in [1.54, 1.807) is 7.11 Å². The Labute approximate surface area is 108 Å². The van der Waals surface area contributed by atoms with Crippen LogP contribution >= 0.6 is 0 Å². The van der Waals surface area contributed by atoms with Crippen molar-refractivity contribution in [3.05, 3.63) is 0 Å². The third kappa shape index (κ3) is 5.39. The summed E-state index contributed by atoms with van der Waals surface area (Å²) in [7, 11) is 1.80. The van der Waals surface area contributed by atoms with Gasteiger partial charge in [-0.15, -0.1) is 0 Å². The first kappa shape index (κ1) is 15.0. The Bertz CT molecular complexity index is 225. The summed E-state index contributed by atoms with van der Waals surface area (Å²) in [5, 5.41) is 3.77. The van der Waals surface area contributed by atoms with Crippen LogP contribution in [0.15, 0.2) is 0 Å². The maximum Gasteiger partial charge on any atom is 0.0637 e. The van der Waals surface area contributed by atoms with Crippen LogP contribution in [0.2, 0.25) is 0 Å². The van der Waals surface area contributed by atoms with Crippen LogP contribution in [-0.4, -0.2) is 24.8 Å². The fourth-order valence-corrected chi connectivity index (χ4v) is 2.85. The molecule has 0 amide bonds. The molecular formula is C15H31NO. The molecule has 2 heteroatoms. The summed E-state index contributed by atoms with van der Waals surface area (Å²) >= 11 is 0. The third-order valence-corrected chi connectivity index (χ3v) is 4.21. The second-order valence-corrected chi connectivity index (χ2v) is 7.17. The Morgan fingerprint density at radius 1 is 1.29 bits per heavy atom. The molecule has 1 N–H and O–H groups in total. The first-order valence-corrected chi connectivity index (χ1v) is 7.05. The number of hydrogen-bond acceptors (Lipinski definition) is 2. The highest BCUT2D eigenvalue weighted by molar-refractivity contribution is 4.85. The van der Waals surface area contributed by atoms with Gasteiger partial charge in [-0.3, -0.25) is 0 Å². The first-order chi connectivity index (χ1) is 7.74. The Kier molecular flexibility index (Phi) is 5.03. The van der Waals surface area contributed by atoms with E-state index < -0.39 is 0 Å². The molecule has 1 unspecified atom stereocenters. The molecule has 0 aliphatic heterocycles. The van der Waals surface area contributed by atoms with Crippen LogP contribution < -0.4 is 5.32 Å². The van der Waals surface area contributed by atoms with Crippen molar-refractivity contribution in [1.29, 1.82) is 0 Å². The lowest BCUT2D eigenvalue weighted by Crippen LogP contribution is -2.43. The molecule has 0 bridgehead atoms. The van der Waals surface area contributed by atoms with Gasteiger partial charge < -0.3 is 10.1 Å². The molecule has 0 aromatic heterocycles. The monoisotopic (exact) mass is 241 g/mol. The normalized spacial score (nSPS) is 23.6. The molecule has 0 spiro atoms. The highest BCUT2D eigenvalue weighted by atomic mass is 16.5. The van der Waals surface area contributed by atoms with Crippen molar-refractivity contribution >= 4 is 0 Å². The molecule has 102 valence electrons. The van der Waals surface area contributed by atoms with Crippen LogP contribution in [-0.2, 0) is 4.74 Å². The average Bonchev–Trinajstić information content (AvgIpc) is 2.20. The van der Waals surface area contributed by atoms with Crippen molar-refractivity contribution in [2.75, 3.05) is 7.11 Å². The second-order valence-electron chi connectivity index (χ2n) is 7.17. The molecule has 0 saturated heterocycles. The van der Waals surface area contributed by atoms with Crippen molar-refractivity contribution < 1.29 is 4.74 Å². The molecule has 1 fully saturated rings. The zero-order valence-electron chi connectivity index (χ0n) is 12.6. The van der Waals surface area contributed by atoms with Gasteiger partial charge in [-0.1, -0.05) is 13.8 Å². The SMILES string of the molecule is COC(C)(C)CC(C)NC1CCC(C)(C)CC1. The van der Waals surface area contributed by atoms with Crippen molar-refractivity contribution in [1.82, 2.24) is 5.32 Å². The van der Waals surface area contributed by atoms with E-state index in [1.165, 1.54) is 25.7 Å². The summed E-state index contributed by atoms with van der Waals surface area (Å²) in [6.07, 6.45) is 6.43. The third-order valence-electron chi connectivity index (χ3n) is 4.21. The molecule has 0 heterocycles. The summed E-state index contributed by atoms with van der Waals surface area (Å²) < 4.78 is 5.49. The Hall–Kier alpha value is -0.0800. The summed E-state index contributed by atoms with van der Waals surface area (Å²) in [6, 6.07) is 1.25. The molecule has 0 radical (unpaired) electrons. The number of methoxy groups -OCH3 is 1. The van der Waals surface area contributed by atoms with E-state index >= 15 is 0 Å². The topological polar surface area (TPSA) is 21.3 Å². The van der Waals surface area contributed by atoms with Gasteiger partial charge in [0, 0.05) is 19.2 Å². The zero-order chi connectivity index (χ0) is 13.1. The van der Waals surface area contributed by atoms with Crippen LogP contribution in [0.5, 0.6) is 0 Å². The van der Waals surface area contributed by atoms with Gasteiger partial charge in [-0.05, 0) is 58.3 Å². The maximum absolute atomic E-state index is 5.49. The summed E-state index contributed by atoms with van der Waals surface area (Å²) in [5.74, 6) is 0.